The summed E-state index contributed by atoms with van der Waals surface area (Å²) in [4.78, 5) is 34.0. The van der Waals surface area contributed by atoms with E-state index in [1.54, 1.807) is 21.6 Å². The molecule has 1 N–H and O–H groups in total. The molecule has 7 nitrogen and oxygen atoms in total. The molecule has 28 heavy (non-hydrogen) atoms. The Bertz CT molecular complexity index is 965. The largest absolute Gasteiger partial charge is 0.348 e. The molecule has 1 aromatic carbocycles. The van der Waals surface area contributed by atoms with E-state index >= 15 is 0 Å². The Morgan fingerprint density at radius 1 is 1.07 bits per heavy atom. The minimum Gasteiger partial charge on any atom is -0.348 e. The van der Waals surface area contributed by atoms with Crippen LogP contribution in [0.15, 0.2) is 54.7 Å². The topological polar surface area (TPSA) is 70.0 Å². The van der Waals surface area contributed by atoms with Gasteiger partial charge >= 0.3 is 0 Å². The zero-order valence-corrected chi connectivity index (χ0v) is 16.4. The van der Waals surface area contributed by atoms with Crippen LogP contribution in [0.2, 0.25) is 0 Å². The Hall–Kier alpha value is -3.19. The second-order valence-electron chi connectivity index (χ2n) is 6.68. The molecule has 0 atom stereocenters. The van der Waals surface area contributed by atoms with E-state index < -0.39 is 0 Å². The average molecular weight is 379 g/mol. The number of aromatic nitrogens is 2. The van der Waals surface area contributed by atoms with Gasteiger partial charge in [0.25, 0.3) is 11.8 Å². The Balaban J connectivity index is 1.95. The lowest BCUT2D eigenvalue weighted by Crippen LogP contribution is -2.33. The van der Waals surface area contributed by atoms with Gasteiger partial charge in [0, 0.05) is 31.5 Å². The predicted octanol–water partition coefficient (Wildman–Crippen LogP) is 2.29. The first-order chi connectivity index (χ1) is 13.5. The first-order valence-electron chi connectivity index (χ1n) is 9.29. The number of anilines is 1. The van der Waals surface area contributed by atoms with Crippen molar-refractivity contribution in [2.75, 3.05) is 38.6 Å². The SMILES string of the molecule is CCN(C(=O)c1nc(C(=O)NCCN(C)C)n2ccccc12)c1ccccc1. The second-order valence-corrected chi connectivity index (χ2v) is 6.68. The number of nitrogens with one attached hydrogen (secondary N) is 1. The van der Waals surface area contributed by atoms with Crippen LogP contribution in [0, 0.1) is 0 Å². The van der Waals surface area contributed by atoms with Gasteiger partial charge < -0.3 is 15.1 Å². The lowest BCUT2D eigenvalue weighted by molar-refractivity contribution is 0.0940. The second kappa shape index (κ2) is 8.67. The maximum atomic E-state index is 13.2. The lowest BCUT2D eigenvalue weighted by Gasteiger charge is -2.20. The van der Waals surface area contributed by atoms with Gasteiger partial charge in [0.15, 0.2) is 5.69 Å². The number of pyridine rings is 1. The third kappa shape index (κ3) is 4.04. The van der Waals surface area contributed by atoms with E-state index in [9.17, 15) is 9.59 Å². The number of fused-ring (bicyclic) bond motifs is 1. The number of para-hydroxylation sites is 1. The van der Waals surface area contributed by atoms with E-state index in [2.05, 4.69) is 10.3 Å². The highest BCUT2D eigenvalue weighted by Crippen LogP contribution is 2.20. The molecule has 0 unspecified atom stereocenters. The van der Waals surface area contributed by atoms with Crippen molar-refractivity contribution in [1.82, 2.24) is 19.6 Å². The van der Waals surface area contributed by atoms with Crippen LogP contribution in [0.1, 0.15) is 28.0 Å². The fourth-order valence-corrected chi connectivity index (χ4v) is 3.01. The number of rotatable bonds is 7. The van der Waals surface area contributed by atoms with Crippen LogP contribution >= 0.6 is 0 Å². The molecule has 3 rings (SSSR count). The zero-order chi connectivity index (χ0) is 20.1. The molecule has 146 valence electrons. The molecular weight excluding hydrogens is 354 g/mol. The first-order valence-corrected chi connectivity index (χ1v) is 9.29. The van der Waals surface area contributed by atoms with Crippen LogP contribution in [-0.2, 0) is 0 Å². The number of imidazole rings is 1. The summed E-state index contributed by atoms with van der Waals surface area (Å²) in [5.74, 6) is -0.323. The Kier molecular flexibility index (Phi) is 6.06. The molecule has 0 saturated carbocycles. The van der Waals surface area contributed by atoms with Crippen molar-refractivity contribution in [3.63, 3.8) is 0 Å². The standard InChI is InChI=1S/C21H25N5O2/c1-4-25(16-10-6-5-7-11-16)21(28)18-17-12-8-9-14-26(17)19(23-18)20(27)22-13-15-24(2)3/h5-12,14H,4,13,15H2,1-3H3,(H,22,27). The van der Waals surface area contributed by atoms with Crippen LogP contribution < -0.4 is 10.2 Å². The van der Waals surface area contributed by atoms with E-state index in [4.69, 9.17) is 0 Å². The fourth-order valence-electron chi connectivity index (χ4n) is 3.01. The summed E-state index contributed by atoms with van der Waals surface area (Å²) in [5.41, 5.74) is 1.67. The lowest BCUT2D eigenvalue weighted by atomic mass is 10.2. The summed E-state index contributed by atoms with van der Waals surface area (Å²) < 4.78 is 1.66. The van der Waals surface area contributed by atoms with Crippen molar-refractivity contribution in [2.45, 2.75) is 6.92 Å². The van der Waals surface area contributed by atoms with Gasteiger partial charge in [-0.25, -0.2) is 4.98 Å². The summed E-state index contributed by atoms with van der Waals surface area (Å²) in [7, 11) is 3.88. The monoisotopic (exact) mass is 379 g/mol. The average Bonchev–Trinajstić information content (AvgIpc) is 3.09. The van der Waals surface area contributed by atoms with E-state index in [0.29, 0.717) is 18.6 Å². The van der Waals surface area contributed by atoms with Gasteiger partial charge in [0.2, 0.25) is 5.82 Å². The van der Waals surface area contributed by atoms with Gasteiger partial charge in [-0.1, -0.05) is 24.3 Å². The van der Waals surface area contributed by atoms with Gasteiger partial charge in [-0.15, -0.1) is 0 Å². The number of carbonyl (C=O) groups excluding carboxylic acids is 2. The molecule has 0 bridgehead atoms. The normalized spacial score (nSPS) is 11.0. The number of hydrogen-bond acceptors (Lipinski definition) is 4. The first kappa shape index (κ1) is 19.6. The predicted molar refractivity (Wildman–Crippen MR) is 110 cm³/mol. The van der Waals surface area contributed by atoms with Crippen LogP contribution in [0.25, 0.3) is 5.52 Å². The minimum atomic E-state index is -0.301. The summed E-state index contributed by atoms with van der Waals surface area (Å²) >= 11 is 0. The van der Waals surface area contributed by atoms with Gasteiger partial charge in [0.05, 0.1) is 5.52 Å². The number of carbonyl (C=O) groups is 2. The Morgan fingerprint density at radius 3 is 2.46 bits per heavy atom. The van der Waals surface area contributed by atoms with Crippen LogP contribution in [0.5, 0.6) is 0 Å². The van der Waals surface area contributed by atoms with E-state index in [0.717, 1.165) is 12.2 Å². The van der Waals surface area contributed by atoms with Gasteiger partial charge in [-0.3, -0.25) is 14.0 Å². The molecule has 0 saturated heterocycles. The number of benzene rings is 1. The minimum absolute atomic E-state index is 0.210. The molecular formula is C21H25N5O2. The number of likely N-dealkylation sites (N-methyl/N-ethyl adjacent to an activating group) is 1. The van der Waals surface area contributed by atoms with Crippen molar-refractivity contribution in [1.29, 1.82) is 0 Å². The van der Waals surface area contributed by atoms with Crippen LogP contribution in [0.3, 0.4) is 0 Å². The highest BCUT2D eigenvalue weighted by molar-refractivity contribution is 6.10. The van der Waals surface area contributed by atoms with Crippen LogP contribution in [0.4, 0.5) is 5.69 Å². The van der Waals surface area contributed by atoms with E-state index in [-0.39, 0.29) is 23.3 Å². The number of nitrogens with zero attached hydrogens (tertiary/aromatic N) is 4. The summed E-state index contributed by atoms with van der Waals surface area (Å²) in [6.45, 7) is 3.64. The number of hydrogen-bond donors (Lipinski definition) is 1. The van der Waals surface area contributed by atoms with Gasteiger partial charge in [0.1, 0.15) is 0 Å². The summed E-state index contributed by atoms with van der Waals surface area (Å²) in [6, 6.07) is 14.9. The zero-order valence-electron chi connectivity index (χ0n) is 16.4. The highest BCUT2D eigenvalue weighted by Gasteiger charge is 2.25. The van der Waals surface area contributed by atoms with Crippen molar-refractivity contribution >= 4 is 23.0 Å². The molecule has 0 aliphatic rings. The van der Waals surface area contributed by atoms with Crippen molar-refractivity contribution < 1.29 is 9.59 Å². The quantitative estimate of drug-likeness (QED) is 0.684. The molecule has 0 spiro atoms. The molecule has 2 aromatic heterocycles. The third-order valence-electron chi connectivity index (χ3n) is 4.43. The van der Waals surface area contributed by atoms with Gasteiger partial charge in [-0.05, 0) is 45.3 Å². The maximum Gasteiger partial charge on any atom is 0.287 e. The van der Waals surface area contributed by atoms with Gasteiger partial charge in [-0.2, -0.15) is 0 Å². The fraction of sp³-hybridized carbons (Fsp3) is 0.286. The van der Waals surface area contributed by atoms with Crippen molar-refractivity contribution in [3.05, 3.63) is 66.2 Å². The highest BCUT2D eigenvalue weighted by atomic mass is 16.2. The third-order valence-corrected chi connectivity index (χ3v) is 4.43. The molecule has 2 heterocycles. The molecule has 7 heteroatoms. The summed E-state index contributed by atoms with van der Waals surface area (Å²) in [6.07, 6.45) is 1.75. The Labute approximate surface area is 164 Å². The Morgan fingerprint density at radius 2 is 1.79 bits per heavy atom. The van der Waals surface area contributed by atoms with E-state index in [1.165, 1.54) is 0 Å². The molecule has 0 fully saturated rings. The van der Waals surface area contributed by atoms with Crippen LogP contribution in [-0.4, -0.2) is 59.8 Å². The van der Waals surface area contributed by atoms with Crippen molar-refractivity contribution in [2.24, 2.45) is 0 Å². The molecule has 3 aromatic rings. The van der Waals surface area contributed by atoms with E-state index in [1.807, 2.05) is 68.4 Å². The smallest absolute Gasteiger partial charge is 0.287 e. The molecule has 0 radical (unpaired) electrons. The molecule has 2 amide bonds. The van der Waals surface area contributed by atoms with Crippen molar-refractivity contribution in [3.8, 4) is 0 Å². The molecule has 0 aliphatic carbocycles. The summed E-state index contributed by atoms with van der Waals surface area (Å²) in [5, 5.41) is 2.86. The molecule has 0 aliphatic heterocycles. The maximum absolute atomic E-state index is 13.2. The number of amides is 2.